The molecule has 0 aliphatic carbocycles. The van der Waals surface area contributed by atoms with E-state index in [0.717, 1.165) is 16.6 Å². The molecule has 0 atom stereocenters. The van der Waals surface area contributed by atoms with Crippen molar-refractivity contribution >= 4 is 39.9 Å². The van der Waals surface area contributed by atoms with Crippen LogP contribution in [0.3, 0.4) is 0 Å². The maximum atomic E-state index is 12.8. The number of benzene rings is 3. The zero-order valence-electron chi connectivity index (χ0n) is 22.2. The minimum atomic E-state index is -0.459. The number of carbonyl (C=O) groups is 2. The van der Waals surface area contributed by atoms with Gasteiger partial charge in [-0.1, -0.05) is 36.4 Å². The summed E-state index contributed by atoms with van der Waals surface area (Å²) in [7, 11) is 5.07. The Morgan fingerprint density at radius 1 is 0.974 bits per heavy atom. The zero-order chi connectivity index (χ0) is 27.4. The largest absolute Gasteiger partial charge is 0.494 e. The average Bonchev–Trinajstić information content (AvgIpc) is 3.22. The third-order valence-corrected chi connectivity index (χ3v) is 6.09. The highest BCUT2D eigenvalue weighted by Gasteiger charge is 2.21. The molecule has 1 heterocycles. The van der Waals surface area contributed by atoms with E-state index >= 15 is 0 Å². The minimum Gasteiger partial charge on any atom is -0.494 e. The van der Waals surface area contributed by atoms with Crippen molar-refractivity contribution in [3.05, 3.63) is 89.5 Å². The second-order valence-electron chi connectivity index (χ2n) is 9.54. The van der Waals surface area contributed by atoms with Gasteiger partial charge in [-0.05, 0) is 64.3 Å². The van der Waals surface area contributed by atoms with Gasteiger partial charge in [0.25, 0.3) is 0 Å². The number of aromatic amines is 1. The van der Waals surface area contributed by atoms with Gasteiger partial charge in [0.15, 0.2) is 5.88 Å². The first kappa shape index (κ1) is 26.6. The highest BCUT2D eigenvalue weighted by Crippen LogP contribution is 2.32. The van der Waals surface area contributed by atoms with Gasteiger partial charge in [-0.3, -0.25) is 4.79 Å². The normalized spacial score (nSPS) is 11.8. The van der Waals surface area contributed by atoms with E-state index in [-0.39, 0.29) is 17.8 Å². The van der Waals surface area contributed by atoms with Gasteiger partial charge < -0.3 is 24.6 Å². The number of hydrogen-bond acceptors (Lipinski definition) is 6. The summed E-state index contributed by atoms with van der Waals surface area (Å²) in [5, 5.41) is 11.7. The molecule has 0 bridgehead atoms. The van der Waals surface area contributed by atoms with Gasteiger partial charge in [0, 0.05) is 28.2 Å². The molecule has 38 heavy (non-hydrogen) atoms. The predicted octanol–water partition coefficient (Wildman–Crippen LogP) is 5.13. The summed E-state index contributed by atoms with van der Waals surface area (Å²) in [5.74, 6) is -0.498. The third kappa shape index (κ3) is 5.60. The summed E-state index contributed by atoms with van der Waals surface area (Å²) in [4.78, 5) is 36.4. The van der Waals surface area contributed by atoms with E-state index in [1.165, 1.54) is 7.11 Å². The third-order valence-electron chi connectivity index (χ3n) is 6.09. The Morgan fingerprint density at radius 3 is 2.26 bits per heavy atom. The van der Waals surface area contributed by atoms with Gasteiger partial charge in [-0.25, -0.2) is 9.79 Å². The number of methoxy groups -OCH3 is 1. The number of ether oxygens (including phenoxy) is 1. The number of likely N-dealkylation sites (N-methyl/N-ethyl adjacent to an activating group) is 1. The van der Waals surface area contributed by atoms with E-state index in [0.29, 0.717) is 34.6 Å². The molecule has 0 saturated carbocycles. The number of aliphatic imine (C=N–C) groups is 1. The molecule has 0 unspecified atom stereocenters. The number of carbonyl (C=O) groups excluding carboxylic acids is 2. The molecule has 4 rings (SSSR count). The van der Waals surface area contributed by atoms with Crippen LogP contribution >= 0.6 is 0 Å². The number of amides is 1. The van der Waals surface area contributed by atoms with Gasteiger partial charge >= 0.3 is 5.97 Å². The molecule has 0 radical (unpaired) electrons. The fourth-order valence-electron chi connectivity index (χ4n) is 4.42. The molecule has 196 valence electrons. The SMILES string of the molecule is COC(=O)c1ccc2c(C(=Nc3ccc(N(C(=O)CN(C)C)C(C)C)cc3)c3ccccc3)c(O)[nH]c2c1. The van der Waals surface area contributed by atoms with Crippen molar-refractivity contribution in [2.75, 3.05) is 32.6 Å². The second kappa shape index (κ2) is 11.3. The molecule has 8 nitrogen and oxygen atoms in total. The monoisotopic (exact) mass is 512 g/mol. The lowest BCUT2D eigenvalue weighted by molar-refractivity contribution is -0.119. The Kier molecular flexibility index (Phi) is 7.93. The molecule has 8 heteroatoms. The molecule has 0 saturated heterocycles. The molecule has 3 aromatic carbocycles. The molecule has 2 N–H and O–H groups in total. The first-order valence-electron chi connectivity index (χ1n) is 12.3. The molecule has 4 aromatic rings. The number of nitrogens with zero attached hydrogens (tertiary/aromatic N) is 3. The smallest absolute Gasteiger partial charge is 0.337 e. The van der Waals surface area contributed by atoms with Crippen molar-refractivity contribution in [1.82, 2.24) is 9.88 Å². The number of hydrogen-bond donors (Lipinski definition) is 2. The van der Waals surface area contributed by atoms with Crippen molar-refractivity contribution in [2.45, 2.75) is 19.9 Å². The highest BCUT2D eigenvalue weighted by molar-refractivity contribution is 6.22. The summed E-state index contributed by atoms with van der Waals surface area (Å²) in [6.07, 6.45) is 0. The van der Waals surface area contributed by atoms with Gasteiger partial charge in [0.2, 0.25) is 5.91 Å². The van der Waals surface area contributed by atoms with Crippen LogP contribution < -0.4 is 4.90 Å². The van der Waals surface area contributed by atoms with E-state index in [4.69, 9.17) is 9.73 Å². The molecular weight excluding hydrogens is 480 g/mol. The molecular formula is C30H32N4O4. The van der Waals surface area contributed by atoms with Crippen molar-refractivity contribution < 1.29 is 19.4 Å². The molecule has 1 aromatic heterocycles. The van der Waals surface area contributed by atoms with E-state index in [1.54, 1.807) is 23.1 Å². The summed E-state index contributed by atoms with van der Waals surface area (Å²) >= 11 is 0. The van der Waals surface area contributed by atoms with Crippen molar-refractivity contribution in [3.8, 4) is 5.88 Å². The Bertz CT molecular complexity index is 1470. The van der Waals surface area contributed by atoms with Crippen LogP contribution in [0.15, 0.2) is 77.8 Å². The van der Waals surface area contributed by atoms with Crippen LogP contribution in [0, 0.1) is 0 Å². The number of fused-ring (bicyclic) bond motifs is 1. The van der Waals surface area contributed by atoms with E-state index < -0.39 is 5.97 Å². The Labute approximate surface area is 222 Å². The summed E-state index contributed by atoms with van der Waals surface area (Å²) in [6.45, 7) is 4.28. The summed E-state index contributed by atoms with van der Waals surface area (Å²) in [6, 6.07) is 22.1. The maximum absolute atomic E-state index is 12.8. The van der Waals surface area contributed by atoms with E-state index in [1.807, 2.05) is 87.4 Å². The quantitative estimate of drug-likeness (QED) is 0.252. The first-order chi connectivity index (χ1) is 18.2. The minimum absolute atomic E-state index is 0.00488. The van der Waals surface area contributed by atoms with E-state index in [9.17, 15) is 14.7 Å². The van der Waals surface area contributed by atoms with Crippen molar-refractivity contribution in [2.24, 2.45) is 4.99 Å². The summed E-state index contributed by atoms with van der Waals surface area (Å²) in [5.41, 5.74) is 4.32. The molecule has 0 aliphatic rings. The van der Waals surface area contributed by atoms with Gasteiger partial charge in [0.05, 0.1) is 36.2 Å². The van der Waals surface area contributed by atoms with E-state index in [2.05, 4.69) is 4.98 Å². The number of esters is 1. The lowest BCUT2D eigenvalue weighted by atomic mass is 10.00. The number of aromatic nitrogens is 1. The second-order valence-corrected chi connectivity index (χ2v) is 9.54. The van der Waals surface area contributed by atoms with Gasteiger partial charge in [-0.2, -0.15) is 0 Å². The molecule has 1 amide bonds. The fraction of sp³-hybridized carbons (Fsp3) is 0.233. The Hall–Kier alpha value is -4.43. The van der Waals surface area contributed by atoms with Crippen LogP contribution in [-0.2, 0) is 9.53 Å². The molecule has 0 aliphatic heterocycles. The van der Waals surface area contributed by atoms with Crippen LogP contribution in [0.4, 0.5) is 11.4 Å². The van der Waals surface area contributed by atoms with Crippen LogP contribution in [0.1, 0.15) is 35.3 Å². The lowest BCUT2D eigenvalue weighted by Crippen LogP contribution is -2.42. The van der Waals surface area contributed by atoms with Crippen LogP contribution in [0.5, 0.6) is 5.88 Å². The van der Waals surface area contributed by atoms with Crippen LogP contribution in [0.2, 0.25) is 0 Å². The first-order valence-corrected chi connectivity index (χ1v) is 12.3. The fourth-order valence-corrected chi connectivity index (χ4v) is 4.42. The Balaban J connectivity index is 1.79. The number of aromatic hydroxyl groups is 1. The number of nitrogens with one attached hydrogen (secondary N) is 1. The van der Waals surface area contributed by atoms with Gasteiger partial charge in [0.1, 0.15) is 0 Å². The lowest BCUT2D eigenvalue weighted by Gasteiger charge is -2.28. The highest BCUT2D eigenvalue weighted by atomic mass is 16.5. The number of anilines is 1. The number of H-pyrrole nitrogens is 1. The topological polar surface area (TPSA) is 98.2 Å². The zero-order valence-corrected chi connectivity index (χ0v) is 22.2. The summed E-state index contributed by atoms with van der Waals surface area (Å²) < 4.78 is 4.83. The maximum Gasteiger partial charge on any atom is 0.337 e. The van der Waals surface area contributed by atoms with Crippen LogP contribution in [0.25, 0.3) is 10.9 Å². The average molecular weight is 513 g/mol. The molecule has 0 fully saturated rings. The molecule has 0 spiro atoms. The number of rotatable bonds is 8. The van der Waals surface area contributed by atoms with Crippen molar-refractivity contribution in [1.29, 1.82) is 0 Å². The standard InChI is InChI=1S/C30H32N4O4/c1-19(2)34(26(35)18-33(3)4)23-14-12-22(13-15-23)31-28(20-9-7-6-8-10-20)27-24-16-11-21(30(37)38-5)17-25(24)32-29(27)36/h6-17,19,32,36H,18H2,1-5H3. The van der Waals surface area contributed by atoms with Gasteiger partial charge in [-0.15, -0.1) is 0 Å². The van der Waals surface area contributed by atoms with Crippen molar-refractivity contribution in [3.63, 3.8) is 0 Å². The predicted molar refractivity (Wildman–Crippen MR) is 151 cm³/mol. The van der Waals surface area contributed by atoms with Crippen LogP contribution in [-0.4, -0.2) is 66.4 Å². The Morgan fingerprint density at radius 2 is 1.66 bits per heavy atom.